The molecule has 0 aliphatic rings. The lowest BCUT2D eigenvalue weighted by Crippen LogP contribution is -2.10. The minimum Gasteiger partial charge on any atom is -0.359 e. The van der Waals surface area contributed by atoms with Gasteiger partial charge in [-0.3, -0.25) is 14.9 Å². The van der Waals surface area contributed by atoms with Gasteiger partial charge < -0.3 is 10.3 Å². The first-order valence-electron chi connectivity index (χ1n) is 7.58. The highest BCUT2D eigenvalue weighted by Gasteiger charge is 2.14. The number of allylic oxidation sites excluding steroid dienone is 1. The van der Waals surface area contributed by atoms with Crippen molar-refractivity contribution < 1.29 is 4.92 Å². The number of nitrogens with zero attached hydrogens (tertiary/aromatic N) is 4. The molecular formula is C18H10N6O3. The van der Waals surface area contributed by atoms with Crippen molar-refractivity contribution in [3.8, 4) is 23.5 Å². The van der Waals surface area contributed by atoms with Crippen molar-refractivity contribution in [3.05, 3.63) is 74.7 Å². The van der Waals surface area contributed by atoms with Crippen LogP contribution >= 0.6 is 0 Å². The molecule has 0 bridgehead atoms. The number of aromatic amines is 1. The van der Waals surface area contributed by atoms with Crippen molar-refractivity contribution in [1.82, 2.24) is 9.97 Å². The molecule has 0 radical (unpaired) electrons. The maximum absolute atomic E-state index is 12.3. The van der Waals surface area contributed by atoms with Crippen molar-refractivity contribution in [2.75, 3.05) is 5.32 Å². The summed E-state index contributed by atoms with van der Waals surface area (Å²) >= 11 is 0. The summed E-state index contributed by atoms with van der Waals surface area (Å²) in [5, 5.41) is 31.9. The lowest BCUT2D eigenvalue weighted by molar-refractivity contribution is -0.384. The van der Waals surface area contributed by atoms with E-state index in [0.29, 0.717) is 16.5 Å². The molecule has 0 aliphatic heterocycles. The molecule has 0 fully saturated rings. The second-order valence-electron chi connectivity index (χ2n) is 5.34. The molecule has 9 heteroatoms. The van der Waals surface area contributed by atoms with E-state index in [9.17, 15) is 14.9 Å². The number of benzene rings is 2. The number of non-ortho nitro benzene ring substituents is 1. The maximum Gasteiger partial charge on any atom is 0.271 e. The average molecular weight is 358 g/mol. The van der Waals surface area contributed by atoms with E-state index in [2.05, 4.69) is 15.3 Å². The van der Waals surface area contributed by atoms with Crippen LogP contribution in [0, 0.1) is 32.8 Å². The first-order chi connectivity index (χ1) is 13.0. The highest BCUT2D eigenvalue weighted by Crippen LogP contribution is 2.30. The number of rotatable bonds is 4. The predicted molar refractivity (Wildman–Crippen MR) is 97.4 cm³/mol. The zero-order valence-corrected chi connectivity index (χ0v) is 13.6. The Morgan fingerprint density at radius 1 is 1.22 bits per heavy atom. The smallest absolute Gasteiger partial charge is 0.271 e. The molecule has 0 unspecified atom stereocenters. The number of aromatic nitrogens is 2. The summed E-state index contributed by atoms with van der Waals surface area (Å²) in [6, 6.07) is 14.1. The van der Waals surface area contributed by atoms with Crippen LogP contribution in [-0.4, -0.2) is 14.9 Å². The van der Waals surface area contributed by atoms with Crippen LogP contribution in [0.1, 0.15) is 0 Å². The summed E-state index contributed by atoms with van der Waals surface area (Å²) in [7, 11) is 0. The average Bonchev–Trinajstić information content (AvgIpc) is 2.68. The highest BCUT2D eigenvalue weighted by molar-refractivity contribution is 5.82. The van der Waals surface area contributed by atoms with Crippen LogP contribution in [0.3, 0.4) is 0 Å². The lowest BCUT2D eigenvalue weighted by Gasteiger charge is -2.09. The molecule has 3 aromatic rings. The number of hydrogen-bond donors (Lipinski definition) is 2. The number of H-pyrrole nitrogens is 1. The normalized spacial score (nSPS) is 9.85. The molecule has 27 heavy (non-hydrogen) atoms. The van der Waals surface area contributed by atoms with Crippen molar-refractivity contribution in [1.29, 1.82) is 10.5 Å². The largest absolute Gasteiger partial charge is 0.359 e. The van der Waals surface area contributed by atoms with Gasteiger partial charge in [0.1, 0.15) is 23.5 Å². The summed E-state index contributed by atoms with van der Waals surface area (Å²) in [6.07, 6.45) is 1.13. The Balaban J connectivity index is 2.19. The second-order valence-corrected chi connectivity index (χ2v) is 5.34. The predicted octanol–water partition coefficient (Wildman–Crippen LogP) is 2.84. The molecule has 130 valence electrons. The highest BCUT2D eigenvalue weighted by atomic mass is 16.6. The van der Waals surface area contributed by atoms with Gasteiger partial charge in [0.25, 0.3) is 11.2 Å². The van der Waals surface area contributed by atoms with Crippen molar-refractivity contribution in [2.24, 2.45) is 0 Å². The molecular weight excluding hydrogens is 348 g/mol. The van der Waals surface area contributed by atoms with Gasteiger partial charge in [0, 0.05) is 23.9 Å². The van der Waals surface area contributed by atoms with Crippen LogP contribution < -0.4 is 10.9 Å². The van der Waals surface area contributed by atoms with E-state index >= 15 is 0 Å². The van der Waals surface area contributed by atoms with Crippen molar-refractivity contribution in [2.45, 2.75) is 0 Å². The first kappa shape index (κ1) is 17.3. The summed E-state index contributed by atoms with van der Waals surface area (Å²) in [6.45, 7) is 0. The van der Waals surface area contributed by atoms with E-state index in [1.807, 2.05) is 0 Å². The first-order valence-corrected chi connectivity index (χ1v) is 7.58. The fourth-order valence-electron chi connectivity index (χ4n) is 2.43. The fraction of sp³-hybridized carbons (Fsp3) is 0. The molecule has 9 nitrogen and oxygen atoms in total. The second kappa shape index (κ2) is 7.17. The number of nitriles is 2. The van der Waals surface area contributed by atoms with E-state index in [1.165, 1.54) is 18.2 Å². The van der Waals surface area contributed by atoms with Gasteiger partial charge in [-0.2, -0.15) is 10.5 Å². The van der Waals surface area contributed by atoms with Gasteiger partial charge in [-0.15, -0.1) is 0 Å². The van der Waals surface area contributed by atoms with Crippen LogP contribution in [0.2, 0.25) is 0 Å². The Kier molecular flexibility index (Phi) is 4.60. The lowest BCUT2D eigenvalue weighted by atomic mass is 10.1. The molecule has 0 saturated heterocycles. The van der Waals surface area contributed by atoms with E-state index in [1.54, 1.807) is 36.4 Å². The Hall–Kier alpha value is -4.50. The van der Waals surface area contributed by atoms with Crippen LogP contribution in [-0.2, 0) is 0 Å². The minimum absolute atomic E-state index is 0.194. The third-order valence-electron chi connectivity index (χ3n) is 3.69. The number of nitro benzene ring substituents is 1. The van der Waals surface area contributed by atoms with E-state index in [0.717, 1.165) is 6.20 Å². The zero-order valence-electron chi connectivity index (χ0n) is 13.6. The number of nitro groups is 1. The Labute approximate surface area is 152 Å². The molecule has 1 heterocycles. The molecule has 0 amide bonds. The summed E-state index contributed by atoms with van der Waals surface area (Å²) in [5.74, 6) is 0.194. The van der Waals surface area contributed by atoms with E-state index in [4.69, 9.17) is 10.5 Å². The molecule has 0 spiro atoms. The van der Waals surface area contributed by atoms with Gasteiger partial charge in [-0.1, -0.05) is 12.1 Å². The molecule has 2 N–H and O–H groups in total. The van der Waals surface area contributed by atoms with Crippen LogP contribution in [0.4, 0.5) is 11.4 Å². The molecule has 0 aliphatic carbocycles. The Bertz CT molecular complexity index is 1210. The zero-order chi connectivity index (χ0) is 19.4. The van der Waals surface area contributed by atoms with Gasteiger partial charge in [0.2, 0.25) is 0 Å². The maximum atomic E-state index is 12.3. The Morgan fingerprint density at radius 2 is 1.96 bits per heavy atom. The summed E-state index contributed by atoms with van der Waals surface area (Å²) in [5.41, 5.74) is 0.275. The third-order valence-corrected chi connectivity index (χ3v) is 3.69. The quantitative estimate of drug-likeness (QED) is 0.414. The number of anilines is 1. The number of fused-ring (bicyclic) bond motifs is 1. The SMILES string of the molecule is N#CC(C#N)=CNc1cc([N+](=O)[O-])ccc1-c1nc2ccccc2c(=O)[nH]1. The fourth-order valence-corrected chi connectivity index (χ4v) is 2.43. The van der Waals surface area contributed by atoms with Crippen LogP contribution in [0.25, 0.3) is 22.3 Å². The summed E-state index contributed by atoms with van der Waals surface area (Å²) < 4.78 is 0. The molecule has 1 aromatic heterocycles. The Morgan fingerprint density at radius 3 is 2.67 bits per heavy atom. The third kappa shape index (κ3) is 3.48. The van der Waals surface area contributed by atoms with Gasteiger partial charge in [-0.25, -0.2) is 4.98 Å². The van der Waals surface area contributed by atoms with Crippen molar-refractivity contribution in [3.63, 3.8) is 0 Å². The van der Waals surface area contributed by atoms with Gasteiger partial charge in [0.05, 0.1) is 21.5 Å². The monoisotopic (exact) mass is 358 g/mol. The van der Waals surface area contributed by atoms with Gasteiger partial charge in [0.15, 0.2) is 0 Å². The van der Waals surface area contributed by atoms with Crippen molar-refractivity contribution >= 4 is 22.3 Å². The molecule has 0 saturated carbocycles. The molecule has 0 atom stereocenters. The number of hydrogen-bond acceptors (Lipinski definition) is 7. The van der Waals surface area contributed by atoms with Gasteiger partial charge in [-0.05, 0) is 18.2 Å². The van der Waals surface area contributed by atoms with Crippen LogP contribution in [0.5, 0.6) is 0 Å². The summed E-state index contributed by atoms with van der Waals surface area (Å²) in [4.78, 5) is 29.8. The topological polar surface area (TPSA) is 148 Å². The number of para-hydroxylation sites is 1. The van der Waals surface area contributed by atoms with E-state index < -0.39 is 4.92 Å². The molecule has 3 rings (SSSR count). The minimum atomic E-state index is -0.579. The molecule has 2 aromatic carbocycles. The van der Waals surface area contributed by atoms with Gasteiger partial charge >= 0.3 is 0 Å². The standard InChI is InChI=1S/C18H10N6O3/c19-8-11(9-20)10-21-16-7-12(24(26)27)5-6-13(16)17-22-15-4-2-1-3-14(15)18(25)23-17/h1-7,10,21H,(H,22,23,25). The van der Waals surface area contributed by atoms with E-state index in [-0.39, 0.29) is 28.3 Å². The number of nitrogens with one attached hydrogen (secondary N) is 2. The van der Waals surface area contributed by atoms with Crippen LogP contribution in [0.15, 0.2) is 59.0 Å².